The number of carbonyl (C=O) groups excluding carboxylic acids is 2. The Morgan fingerprint density at radius 1 is 1.11 bits per heavy atom. The third-order valence-corrected chi connectivity index (χ3v) is 5.14. The van der Waals surface area contributed by atoms with Crippen LogP contribution < -0.4 is 5.32 Å². The van der Waals surface area contributed by atoms with Gasteiger partial charge in [0.05, 0.1) is 33.5 Å². The number of halogens is 3. The highest BCUT2D eigenvalue weighted by atomic mass is 19.4. The average Bonchev–Trinajstić information content (AvgIpc) is 3.37. The van der Waals surface area contributed by atoms with Gasteiger partial charge in [0, 0.05) is 17.5 Å². The molecule has 0 aliphatic carbocycles. The molecule has 0 aliphatic heterocycles. The number of furan rings is 1. The van der Waals surface area contributed by atoms with Crippen molar-refractivity contribution in [3.8, 4) is 11.5 Å². The Bertz CT molecular complexity index is 1470. The summed E-state index contributed by atoms with van der Waals surface area (Å²) in [4.78, 5) is 39.9. The Balaban J connectivity index is 1.59. The van der Waals surface area contributed by atoms with Crippen molar-refractivity contribution in [1.82, 2.24) is 4.98 Å². The van der Waals surface area contributed by atoms with Gasteiger partial charge in [-0.05, 0) is 37.3 Å². The predicted molar refractivity (Wildman–Crippen MR) is 121 cm³/mol. The molecule has 0 saturated carbocycles. The largest absolute Gasteiger partial charge is 0.463 e. The van der Waals surface area contributed by atoms with E-state index < -0.39 is 46.0 Å². The van der Waals surface area contributed by atoms with Crippen LogP contribution in [0.2, 0.25) is 0 Å². The van der Waals surface area contributed by atoms with Gasteiger partial charge in [0.2, 0.25) is 0 Å². The number of aromatic nitrogens is 1. The summed E-state index contributed by atoms with van der Waals surface area (Å²) in [7, 11) is 0. The van der Waals surface area contributed by atoms with Crippen LogP contribution in [0.1, 0.15) is 22.8 Å². The van der Waals surface area contributed by atoms with Gasteiger partial charge in [0.15, 0.2) is 11.9 Å². The molecule has 2 aromatic carbocycles. The van der Waals surface area contributed by atoms with Crippen LogP contribution >= 0.6 is 0 Å². The maximum Gasteiger partial charge on any atom is 0.418 e. The predicted octanol–water partition coefficient (Wildman–Crippen LogP) is 5.61. The van der Waals surface area contributed by atoms with Crippen LogP contribution in [0.3, 0.4) is 0 Å². The second-order valence-corrected chi connectivity index (χ2v) is 7.57. The normalized spacial score (nSPS) is 12.2. The Labute approximate surface area is 200 Å². The molecule has 12 heteroatoms. The summed E-state index contributed by atoms with van der Waals surface area (Å²) in [6, 6.07) is 13.3. The molecule has 0 saturated heterocycles. The van der Waals surface area contributed by atoms with Gasteiger partial charge in [-0.2, -0.15) is 13.2 Å². The Morgan fingerprint density at radius 2 is 1.86 bits per heavy atom. The summed E-state index contributed by atoms with van der Waals surface area (Å²) in [5.74, 6) is -1.59. The number of nitrogens with zero attached hydrogens (tertiary/aromatic N) is 2. The molecule has 1 unspecified atom stereocenters. The third-order valence-electron chi connectivity index (χ3n) is 5.14. The van der Waals surface area contributed by atoms with E-state index in [4.69, 9.17) is 9.15 Å². The minimum Gasteiger partial charge on any atom is -0.463 e. The minimum atomic E-state index is -4.98. The lowest BCUT2D eigenvalue weighted by Crippen LogP contribution is -2.31. The smallest absolute Gasteiger partial charge is 0.418 e. The standard InChI is InChI=1S/C24H16F3N3O6/c1-13(22(31)29-19-9-8-14(30(33)34)11-17(19)24(25,26)27)36-23(32)16-12-20(21-7-4-10-35-21)28-18-6-3-2-5-15(16)18/h2-13H,1H3,(H,29,31). The number of alkyl halides is 3. The number of anilines is 1. The van der Waals surface area contributed by atoms with Gasteiger partial charge in [-0.15, -0.1) is 0 Å². The molecule has 1 atom stereocenters. The SMILES string of the molecule is CC(OC(=O)c1cc(-c2ccco2)nc2ccccc12)C(=O)Nc1ccc([N+](=O)[O-])cc1C(F)(F)F. The Hall–Kier alpha value is -4.74. The fraction of sp³-hybridized carbons (Fsp3) is 0.125. The van der Waals surface area contributed by atoms with Crippen molar-refractivity contribution in [2.24, 2.45) is 0 Å². The second-order valence-electron chi connectivity index (χ2n) is 7.57. The van der Waals surface area contributed by atoms with Gasteiger partial charge in [0.1, 0.15) is 5.69 Å². The fourth-order valence-corrected chi connectivity index (χ4v) is 3.40. The van der Waals surface area contributed by atoms with Crippen LogP contribution in [0, 0.1) is 10.1 Å². The maximum absolute atomic E-state index is 13.4. The van der Waals surface area contributed by atoms with E-state index in [0.29, 0.717) is 28.4 Å². The quantitative estimate of drug-likeness (QED) is 0.208. The highest BCUT2D eigenvalue weighted by Gasteiger charge is 2.36. The van der Waals surface area contributed by atoms with Crippen molar-refractivity contribution in [1.29, 1.82) is 0 Å². The number of nitro benzene ring substituents is 1. The topological polar surface area (TPSA) is 125 Å². The number of hydrogen-bond acceptors (Lipinski definition) is 7. The molecule has 0 bridgehead atoms. The summed E-state index contributed by atoms with van der Waals surface area (Å²) in [6.07, 6.45) is -5.05. The van der Waals surface area contributed by atoms with Gasteiger partial charge in [0.25, 0.3) is 11.6 Å². The zero-order valence-corrected chi connectivity index (χ0v) is 18.4. The van der Waals surface area contributed by atoms with Crippen molar-refractivity contribution < 1.29 is 36.8 Å². The van der Waals surface area contributed by atoms with Gasteiger partial charge in [-0.1, -0.05) is 18.2 Å². The third kappa shape index (κ3) is 5.02. The summed E-state index contributed by atoms with van der Waals surface area (Å²) >= 11 is 0. The van der Waals surface area contributed by atoms with Gasteiger partial charge in [-0.3, -0.25) is 14.9 Å². The molecule has 0 spiro atoms. The van der Waals surface area contributed by atoms with Crippen LogP contribution in [-0.2, 0) is 15.7 Å². The second kappa shape index (κ2) is 9.49. The number of carbonyl (C=O) groups is 2. The van der Waals surface area contributed by atoms with Crippen LogP contribution in [0.15, 0.2) is 71.3 Å². The molecule has 9 nitrogen and oxygen atoms in total. The van der Waals surface area contributed by atoms with Crippen LogP contribution in [-0.4, -0.2) is 27.9 Å². The van der Waals surface area contributed by atoms with Crippen molar-refractivity contribution in [2.75, 3.05) is 5.32 Å². The summed E-state index contributed by atoms with van der Waals surface area (Å²) in [5, 5.41) is 13.3. The molecule has 1 N–H and O–H groups in total. The van der Waals surface area contributed by atoms with E-state index in [-0.39, 0.29) is 5.56 Å². The number of amides is 1. The van der Waals surface area contributed by atoms with Crippen molar-refractivity contribution in [2.45, 2.75) is 19.2 Å². The first-order chi connectivity index (χ1) is 17.0. The molecule has 2 aromatic heterocycles. The number of nitrogens with one attached hydrogen (secondary N) is 1. The van der Waals surface area contributed by atoms with Gasteiger partial charge < -0.3 is 14.5 Å². The van der Waals surface area contributed by atoms with Gasteiger partial charge >= 0.3 is 12.1 Å². The van der Waals surface area contributed by atoms with Crippen molar-refractivity contribution in [3.05, 3.63) is 88.2 Å². The summed E-state index contributed by atoms with van der Waals surface area (Å²) in [6.45, 7) is 1.18. The average molecular weight is 499 g/mol. The lowest BCUT2D eigenvalue weighted by Gasteiger charge is -2.17. The Morgan fingerprint density at radius 3 is 2.53 bits per heavy atom. The first-order valence-corrected chi connectivity index (χ1v) is 10.4. The number of nitro groups is 1. The molecule has 0 aliphatic rings. The summed E-state index contributed by atoms with van der Waals surface area (Å²) in [5.41, 5.74) is -2.06. The molecular weight excluding hydrogens is 483 g/mol. The van der Waals surface area contributed by atoms with E-state index >= 15 is 0 Å². The first-order valence-electron chi connectivity index (χ1n) is 10.4. The van der Waals surface area contributed by atoms with E-state index in [2.05, 4.69) is 4.98 Å². The number of ether oxygens (including phenoxy) is 1. The first kappa shape index (κ1) is 24.4. The Kier molecular flexibility index (Phi) is 6.43. The molecule has 4 aromatic rings. The lowest BCUT2D eigenvalue weighted by atomic mass is 10.1. The van der Waals surface area contributed by atoms with Crippen molar-refractivity contribution in [3.63, 3.8) is 0 Å². The number of esters is 1. The zero-order chi connectivity index (χ0) is 26.0. The fourth-order valence-electron chi connectivity index (χ4n) is 3.40. The molecule has 36 heavy (non-hydrogen) atoms. The number of hydrogen-bond donors (Lipinski definition) is 1. The number of para-hydroxylation sites is 1. The highest BCUT2D eigenvalue weighted by Crippen LogP contribution is 2.37. The van der Waals surface area contributed by atoms with Crippen LogP contribution in [0.4, 0.5) is 24.5 Å². The highest BCUT2D eigenvalue weighted by molar-refractivity contribution is 6.06. The molecule has 4 rings (SSSR count). The summed E-state index contributed by atoms with van der Waals surface area (Å²) < 4.78 is 50.8. The van der Waals surface area contributed by atoms with Crippen LogP contribution in [0.25, 0.3) is 22.4 Å². The van der Waals surface area contributed by atoms with Gasteiger partial charge in [-0.25, -0.2) is 9.78 Å². The minimum absolute atomic E-state index is 0.0676. The molecular formula is C24H16F3N3O6. The number of fused-ring (bicyclic) bond motifs is 1. The maximum atomic E-state index is 13.4. The van der Waals surface area contributed by atoms with Crippen molar-refractivity contribution >= 4 is 34.2 Å². The van der Waals surface area contributed by atoms with E-state index in [9.17, 15) is 32.9 Å². The van der Waals surface area contributed by atoms with E-state index in [0.717, 1.165) is 12.1 Å². The number of rotatable bonds is 6. The van der Waals surface area contributed by atoms with Crippen LogP contribution in [0.5, 0.6) is 0 Å². The van der Waals surface area contributed by atoms with E-state index in [1.54, 1.807) is 36.4 Å². The molecule has 2 heterocycles. The molecule has 1 amide bonds. The molecule has 184 valence electrons. The number of pyridine rings is 1. The molecule has 0 radical (unpaired) electrons. The number of non-ortho nitro benzene ring substituents is 1. The molecule has 0 fully saturated rings. The number of benzene rings is 2. The zero-order valence-electron chi connectivity index (χ0n) is 18.4. The van der Waals surface area contributed by atoms with E-state index in [1.807, 2.05) is 5.32 Å². The lowest BCUT2D eigenvalue weighted by molar-refractivity contribution is -0.385. The monoisotopic (exact) mass is 499 g/mol. The van der Waals surface area contributed by atoms with E-state index in [1.165, 1.54) is 19.3 Å².